The van der Waals surface area contributed by atoms with Crippen LogP contribution in [0, 0.1) is 11.6 Å². The molecule has 4 fully saturated rings. The third-order valence-electron chi connectivity index (χ3n) is 11.7. The van der Waals surface area contributed by atoms with Crippen molar-refractivity contribution in [2.75, 3.05) is 50.2 Å². The van der Waals surface area contributed by atoms with Crippen molar-refractivity contribution in [3.05, 3.63) is 82.9 Å². The lowest BCUT2D eigenvalue weighted by molar-refractivity contribution is 0.117. The maximum absolute atomic E-state index is 16.1. The van der Waals surface area contributed by atoms with Crippen molar-refractivity contribution in [3.8, 4) is 0 Å². The first kappa shape index (κ1) is 32.8. The lowest BCUT2D eigenvalue weighted by Gasteiger charge is -2.35. The molecule has 0 radical (unpaired) electrons. The Hall–Kier alpha value is -4.10. The van der Waals surface area contributed by atoms with E-state index < -0.39 is 11.6 Å². The summed E-state index contributed by atoms with van der Waals surface area (Å²) in [5.74, 6) is 0.794. The summed E-state index contributed by atoms with van der Waals surface area (Å²) in [4.78, 5) is 21.0. The standard InChI is InChI=1S/C39H46F2N8O2/c1-50-25-18-33(42-20-25)38-44-29-8-6-22(14-31(29)46-38)35-10-11-36(49(35)24-16-27(40)37(28(41)17-24)48-12-4-3-5-13-48)23-7-9-30-32(15-23)47-39(45-30)34-19-26(51-2)21-43-34/h6-9,14-17,25-26,33-36,42-43H,3-5,10-13,18-21H2,1-2H3,(H,44,46)(H,45,47)/t25-,26-,33+,34+,35-,36+/m1/s1. The Morgan fingerprint density at radius 1 is 0.686 bits per heavy atom. The number of aromatic amines is 2. The Balaban J connectivity index is 1.08. The van der Waals surface area contributed by atoms with Gasteiger partial charge in [-0.2, -0.15) is 0 Å². The summed E-state index contributed by atoms with van der Waals surface area (Å²) in [7, 11) is 3.49. The van der Waals surface area contributed by atoms with Crippen molar-refractivity contribution in [3.63, 3.8) is 0 Å². The zero-order valence-corrected chi connectivity index (χ0v) is 29.2. The van der Waals surface area contributed by atoms with Crippen LogP contribution in [0.3, 0.4) is 0 Å². The Kier molecular flexibility index (Phi) is 8.66. The molecule has 268 valence electrons. The summed E-state index contributed by atoms with van der Waals surface area (Å²) in [5, 5.41) is 7.03. The third-order valence-corrected chi connectivity index (χ3v) is 11.7. The van der Waals surface area contributed by atoms with Crippen molar-refractivity contribution >= 4 is 33.4 Å². The van der Waals surface area contributed by atoms with Crippen LogP contribution < -0.4 is 20.4 Å². The van der Waals surface area contributed by atoms with Crippen molar-refractivity contribution < 1.29 is 18.3 Å². The van der Waals surface area contributed by atoms with E-state index in [1.165, 1.54) is 0 Å². The fraction of sp³-hybridized carbons (Fsp3) is 0.487. The summed E-state index contributed by atoms with van der Waals surface area (Å²) in [6.07, 6.45) is 6.68. The van der Waals surface area contributed by atoms with Crippen molar-refractivity contribution in [2.45, 2.75) is 81.3 Å². The fourth-order valence-electron chi connectivity index (χ4n) is 8.97. The minimum atomic E-state index is -0.504. The number of hydrogen-bond acceptors (Lipinski definition) is 8. The molecule has 4 aliphatic heterocycles. The van der Waals surface area contributed by atoms with Crippen molar-refractivity contribution in [2.24, 2.45) is 0 Å². The smallest absolute Gasteiger partial charge is 0.151 e. The summed E-state index contributed by atoms with van der Waals surface area (Å²) >= 11 is 0. The number of fused-ring (bicyclic) bond motifs is 2. The maximum atomic E-state index is 16.1. The largest absolute Gasteiger partial charge is 0.380 e. The minimum Gasteiger partial charge on any atom is -0.380 e. The summed E-state index contributed by atoms with van der Waals surface area (Å²) in [5.41, 5.74) is 6.51. The highest BCUT2D eigenvalue weighted by Crippen LogP contribution is 2.49. The molecule has 10 nitrogen and oxygen atoms in total. The number of H-pyrrole nitrogens is 2. The third kappa shape index (κ3) is 6.05. The molecule has 0 saturated carbocycles. The van der Waals surface area contributed by atoms with Gasteiger partial charge in [-0.3, -0.25) is 0 Å². The zero-order chi connectivity index (χ0) is 34.6. The molecule has 0 amide bonds. The average molecular weight is 697 g/mol. The molecule has 3 aromatic carbocycles. The number of imidazole rings is 2. The van der Waals surface area contributed by atoms with Crippen molar-refractivity contribution in [1.82, 2.24) is 30.6 Å². The lowest BCUT2D eigenvalue weighted by atomic mass is 10.0. The molecule has 6 atom stereocenters. The number of anilines is 2. The van der Waals surface area contributed by atoms with Gasteiger partial charge in [-0.15, -0.1) is 0 Å². The van der Waals surface area contributed by atoms with Crippen LogP contribution in [0.5, 0.6) is 0 Å². The second-order valence-corrected chi connectivity index (χ2v) is 14.7. The molecule has 51 heavy (non-hydrogen) atoms. The van der Waals surface area contributed by atoms with E-state index in [1.54, 1.807) is 26.4 Å². The molecule has 4 N–H and O–H groups in total. The molecular weight excluding hydrogens is 650 g/mol. The highest BCUT2D eigenvalue weighted by atomic mass is 19.1. The van der Waals surface area contributed by atoms with Crippen LogP contribution in [0.25, 0.3) is 22.1 Å². The number of halogens is 2. The number of nitrogens with zero attached hydrogens (tertiary/aromatic N) is 4. The Labute approximate surface area is 296 Å². The number of methoxy groups -OCH3 is 2. The average Bonchev–Trinajstić information content (AvgIpc) is 3.99. The van der Waals surface area contributed by atoms with Gasteiger partial charge in [0.25, 0.3) is 0 Å². The molecule has 5 aromatic rings. The molecule has 9 rings (SSSR count). The Morgan fingerprint density at radius 2 is 1.20 bits per heavy atom. The summed E-state index contributed by atoms with van der Waals surface area (Å²) in [6, 6.07) is 15.8. The molecular formula is C39H46F2N8O2. The van der Waals surface area contributed by atoms with Gasteiger partial charge in [0.15, 0.2) is 11.6 Å². The van der Waals surface area contributed by atoms with E-state index in [0.29, 0.717) is 18.8 Å². The molecule has 0 aliphatic carbocycles. The first-order valence-electron chi connectivity index (χ1n) is 18.5. The monoisotopic (exact) mass is 696 g/mol. The van der Waals surface area contributed by atoms with Crippen LogP contribution >= 0.6 is 0 Å². The van der Waals surface area contributed by atoms with Gasteiger partial charge in [0.1, 0.15) is 17.3 Å². The van der Waals surface area contributed by atoms with Gasteiger partial charge < -0.3 is 39.9 Å². The van der Waals surface area contributed by atoms with Crippen LogP contribution in [0.2, 0.25) is 0 Å². The molecule has 0 bridgehead atoms. The molecule has 4 aliphatic rings. The second-order valence-electron chi connectivity index (χ2n) is 14.7. The van der Waals surface area contributed by atoms with Crippen LogP contribution in [-0.4, -0.2) is 72.5 Å². The predicted molar refractivity (Wildman–Crippen MR) is 194 cm³/mol. The topological polar surface area (TPSA) is 106 Å². The van der Waals surface area contributed by atoms with E-state index in [2.05, 4.69) is 61.9 Å². The Bertz CT molecular complexity index is 1910. The highest BCUT2D eigenvalue weighted by molar-refractivity contribution is 5.78. The molecule has 6 heterocycles. The normalized spacial score (nSPS) is 27.1. The fourth-order valence-corrected chi connectivity index (χ4v) is 8.97. The van der Waals surface area contributed by atoms with Gasteiger partial charge in [0.05, 0.1) is 58.4 Å². The second kappa shape index (κ2) is 13.5. The van der Waals surface area contributed by atoms with Crippen molar-refractivity contribution in [1.29, 1.82) is 0 Å². The van der Waals surface area contributed by atoms with E-state index in [0.717, 1.165) is 103 Å². The highest BCUT2D eigenvalue weighted by Gasteiger charge is 2.38. The molecule has 0 unspecified atom stereocenters. The number of ether oxygens (including phenoxy) is 2. The van der Waals surface area contributed by atoms with Gasteiger partial charge >= 0.3 is 0 Å². The number of rotatable bonds is 8. The molecule has 2 aromatic heterocycles. The number of piperidine rings is 1. The molecule has 12 heteroatoms. The molecule has 0 spiro atoms. The quantitative estimate of drug-likeness (QED) is 0.139. The van der Waals surface area contributed by atoms with Gasteiger partial charge in [0, 0.05) is 46.1 Å². The van der Waals surface area contributed by atoms with E-state index in [-0.39, 0.29) is 42.1 Å². The summed E-state index contributed by atoms with van der Waals surface area (Å²) in [6.45, 7) is 2.93. The number of aromatic nitrogens is 4. The zero-order valence-electron chi connectivity index (χ0n) is 29.2. The van der Waals surface area contributed by atoms with Gasteiger partial charge in [-0.05, 0) is 92.5 Å². The number of benzene rings is 3. The van der Waals surface area contributed by atoms with Gasteiger partial charge in [-0.1, -0.05) is 12.1 Å². The van der Waals surface area contributed by atoms with Gasteiger partial charge in [-0.25, -0.2) is 18.7 Å². The summed E-state index contributed by atoms with van der Waals surface area (Å²) < 4.78 is 43.3. The minimum absolute atomic E-state index is 0.0935. The van der Waals surface area contributed by atoms with Crippen LogP contribution in [0.4, 0.5) is 20.2 Å². The lowest BCUT2D eigenvalue weighted by Crippen LogP contribution is -2.31. The van der Waals surface area contributed by atoms with Crippen LogP contribution in [0.1, 0.15) is 91.9 Å². The maximum Gasteiger partial charge on any atom is 0.151 e. The predicted octanol–water partition coefficient (Wildman–Crippen LogP) is 6.89. The first-order chi connectivity index (χ1) is 24.9. The van der Waals surface area contributed by atoms with E-state index in [9.17, 15) is 0 Å². The Morgan fingerprint density at radius 3 is 1.67 bits per heavy atom. The van der Waals surface area contributed by atoms with E-state index in [4.69, 9.17) is 19.4 Å². The van der Waals surface area contributed by atoms with Crippen LogP contribution in [0.15, 0.2) is 48.5 Å². The molecule has 4 saturated heterocycles. The van der Waals surface area contributed by atoms with Crippen LogP contribution in [-0.2, 0) is 9.47 Å². The SMILES string of the molecule is CO[C@H]1CN[C@H](c2nc3ccc([C@H]4CC[C@@H](c5ccc6nc([C@@H]7C[C@@H](OC)CN7)[nH]c6c5)N4c4cc(F)c(N5CCCCC5)c(F)c4)cc3[nH]2)C1. The number of nitrogens with one attached hydrogen (secondary N) is 4. The van der Waals surface area contributed by atoms with E-state index in [1.807, 2.05) is 4.90 Å². The number of hydrogen-bond donors (Lipinski definition) is 4. The van der Waals surface area contributed by atoms with Gasteiger partial charge in [0.2, 0.25) is 0 Å². The first-order valence-corrected chi connectivity index (χ1v) is 18.5. The van der Waals surface area contributed by atoms with E-state index >= 15 is 8.78 Å².